The van der Waals surface area contributed by atoms with Crippen LogP contribution >= 0.6 is 0 Å². The molecule has 0 bridgehead atoms. The number of nitrogens with one attached hydrogen (secondary N) is 2. The first-order valence-electron chi connectivity index (χ1n) is 11.0. The van der Waals surface area contributed by atoms with Gasteiger partial charge in [0.1, 0.15) is 12.4 Å². The third kappa shape index (κ3) is 4.72. The molecule has 1 aromatic heterocycles. The van der Waals surface area contributed by atoms with Crippen LogP contribution in [0.4, 0.5) is 0 Å². The maximum atomic E-state index is 12.8. The Hall–Kier alpha value is -1.86. The third-order valence-electron chi connectivity index (χ3n) is 7.58. The number of rotatable bonds is 7. The molecule has 168 valence electrons. The van der Waals surface area contributed by atoms with Crippen molar-refractivity contribution >= 4 is 11.8 Å². The summed E-state index contributed by atoms with van der Waals surface area (Å²) in [6.45, 7) is 6.67. The summed E-state index contributed by atoms with van der Waals surface area (Å²) in [5.74, 6) is 0.297. The number of carbonyl (C=O) groups excluding carboxylic acids is 2. The molecule has 0 aliphatic heterocycles. The number of aliphatic hydroxyl groups excluding tert-OH is 1. The minimum atomic E-state index is -0.578. The predicted octanol–water partition coefficient (Wildman–Crippen LogP) is 2.49. The fraction of sp³-hybridized carbons (Fsp3) is 0.739. The van der Waals surface area contributed by atoms with Gasteiger partial charge in [-0.25, -0.2) is 0 Å². The normalized spacial score (nSPS) is 34.6. The van der Waals surface area contributed by atoms with Crippen molar-refractivity contribution in [2.45, 2.75) is 65.1 Å². The molecule has 7 atom stereocenters. The number of methoxy groups -OCH3 is 1. The molecule has 3 rings (SSSR count). The van der Waals surface area contributed by atoms with Crippen LogP contribution in [0, 0.1) is 29.1 Å². The van der Waals surface area contributed by atoms with Crippen LogP contribution in [-0.4, -0.2) is 42.8 Å². The highest BCUT2D eigenvalue weighted by atomic mass is 16.5. The van der Waals surface area contributed by atoms with Gasteiger partial charge in [-0.1, -0.05) is 20.8 Å². The van der Waals surface area contributed by atoms with E-state index in [2.05, 4.69) is 24.5 Å². The predicted molar refractivity (Wildman–Crippen MR) is 112 cm³/mol. The van der Waals surface area contributed by atoms with Crippen molar-refractivity contribution in [1.29, 1.82) is 0 Å². The highest BCUT2D eigenvalue weighted by molar-refractivity contribution is 5.78. The van der Waals surface area contributed by atoms with Gasteiger partial charge in [0.05, 0.1) is 18.9 Å². The number of furan rings is 1. The second-order valence-corrected chi connectivity index (χ2v) is 9.46. The van der Waals surface area contributed by atoms with Gasteiger partial charge in [-0.15, -0.1) is 0 Å². The summed E-state index contributed by atoms with van der Waals surface area (Å²) in [4.78, 5) is 24.8. The van der Waals surface area contributed by atoms with Crippen molar-refractivity contribution in [1.82, 2.24) is 10.6 Å². The number of amides is 2. The SMILES string of the molecule is COCC(=O)N[C@H]1CC[C@]2(C)CC[C@@H]([C@H](C)C(=O)NCc3ccco3)[C@H](O)[C@H]2[C@@H]1C. The average Bonchev–Trinajstić information content (AvgIpc) is 3.22. The zero-order valence-electron chi connectivity index (χ0n) is 18.5. The van der Waals surface area contributed by atoms with Gasteiger partial charge in [-0.3, -0.25) is 9.59 Å². The first kappa shape index (κ1) is 22.8. The first-order chi connectivity index (χ1) is 14.3. The minimum absolute atomic E-state index is 0.0159. The number of hydrogen-bond acceptors (Lipinski definition) is 5. The Morgan fingerprint density at radius 1 is 1.37 bits per heavy atom. The van der Waals surface area contributed by atoms with E-state index in [1.54, 1.807) is 12.3 Å². The van der Waals surface area contributed by atoms with Gasteiger partial charge in [0.15, 0.2) is 0 Å². The van der Waals surface area contributed by atoms with Crippen LogP contribution in [0.5, 0.6) is 0 Å². The Labute approximate surface area is 178 Å². The maximum Gasteiger partial charge on any atom is 0.246 e. The lowest BCUT2D eigenvalue weighted by molar-refractivity contribution is -0.144. The summed E-state index contributed by atoms with van der Waals surface area (Å²) in [5.41, 5.74) is 0.0299. The van der Waals surface area contributed by atoms with E-state index in [-0.39, 0.29) is 53.5 Å². The van der Waals surface area contributed by atoms with E-state index < -0.39 is 6.10 Å². The topological polar surface area (TPSA) is 101 Å². The third-order valence-corrected chi connectivity index (χ3v) is 7.58. The second kappa shape index (κ2) is 9.52. The second-order valence-electron chi connectivity index (χ2n) is 9.46. The van der Waals surface area contributed by atoms with Crippen molar-refractivity contribution in [2.75, 3.05) is 13.7 Å². The summed E-state index contributed by atoms with van der Waals surface area (Å²) in [6.07, 6.45) is 4.69. The molecule has 2 aliphatic carbocycles. The molecule has 3 N–H and O–H groups in total. The number of carbonyl (C=O) groups is 2. The summed E-state index contributed by atoms with van der Waals surface area (Å²) in [6, 6.07) is 3.64. The van der Waals surface area contributed by atoms with Crippen molar-refractivity contribution in [3.63, 3.8) is 0 Å². The number of hydrogen-bond donors (Lipinski definition) is 3. The van der Waals surface area contributed by atoms with E-state index in [1.165, 1.54) is 7.11 Å². The smallest absolute Gasteiger partial charge is 0.246 e. The Morgan fingerprint density at radius 3 is 2.77 bits per heavy atom. The zero-order valence-corrected chi connectivity index (χ0v) is 18.5. The van der Waals surface area contributed by atoms with E-state index in [4.69, 9.17) is 9.15 Å². The standard InChI is InChI=1S/C23H36N2O5/c1-14(22(28)24-12-16-6-5-11-30-16)17-7-9-23(3)10-8-18(25-19(26)13-29-4)15(2)20(23)21(17)27/h5-6,11,14-15,17-18,20-21,27H,7-10,12-13H2,1-4H3,(H,24,28)(H,25,26)/t14-,15+,17-,18-,20+,21-,23-/m0/s1. The Bertz CT molecular complexity index is 721. The minimum Gasteiger partial charge on any atom is -0.467 e. The van der Waals surface area contributed by atoms with E-state index in [1.807, 2.05) is 13.0 Å². The highest BCUT2D eigenvalue weighted by Gasteiger charge is 2.53. The van der Waals surface area contributed by atoms with Gasteiger partial charge in [0.25, 0.3) is 0 Å². The van der Waals surface area contributed by atoms with Gasteiger partial charge in [0.2, 0.25) is 11.8 Å². The van der Waals surface area contributed by atoms with Crippen LogP contribution in [0.3, 0.4) is 0 Å². The molecule has 0 unspecified atom stereocenters. The molecule has 2 aliphatic rings. The molecule has 1 heterocycles. The molecule has 2 amide bonds. The van der Waals surface area contributed by atoms with E-state index in [9.17, 15) is 14.7 Å². The lowest BCUT2D eigenvalue weighted by Crippen LogP contribution is -2.58. The van der Waals surface area contributed by atoms with Gasteiger partial charge in [-0.2, -0.15) is 0 Å². The van der Waals surface area contributed by atoms with Crippen LogP contribution in [0.1, 0.15) is 52.2 Å². The highest BCUT2D eigenvalue weighted by Crippen LogP contribution is 2.55. The Morgan fingerprint density at radius 2 is 2.10 bits per heavy atom. The lowest BCUT2D eigenvalue weighted by Gasteiger charge is -2.56. The van der Waals surface area contributed by atoms with Crippen LogP contribution in [0.15, 0.2) is 22.8 Å². The van der Waals surface area contributed by atoms with Crippen molar-refractivity contribution < 1.29 is 23.8 Å². The van der Waals surface area contributed by atoms with Crippen LogP contribution in [0.25, 0.3) is 0 Å². The summed E-state index contributed by atoms with van der Waals surface area (Å²) < 4.78 is 10.2. The molecule has 1 aromatic rings. The van der Waals surface area contributed by atoms with Crippen LogP contribution in [0.2, 0.25) is 0 Å². The van der Waals surface area contributed by atoms with Crippen LogP contribution in [-0.2, 0) is 20.9 Å². The summed E-state index contributed by atoms with van der Waals surface area (Å²) >= 11 is 0. The Balaban J connectivity index is 1.66. The number of ether oxygens (including phenoxy) is 1. The van der Waals surface area contributed by atoms with Crippen molar-refractivity contribution in [3.8, 4) is 0 Å². The van der Waals surface area contributed by atoms with Gasteiger partial charge in [0, 0.05) is 19.1 Å². The first-order valence-corrected chi connectivity index (χ1v) is 11.0. The van der Waals surface area contributed by atoms with Crippen molar-refractivity contribution in [3.05, 3.63) is 24.2 Å². The van der Waals surface area contributed by atoms with E-state index in [0.717, 1.165) is 25.7 Å². The van der Waals surface area contributed by atoms with Gasteiger partial charge < -0.3 is 24.9 Å². The largest absolute Gasteiger partial charge is 0.467 e. The van der Waals surface area contributed by atoms with Crippen molar-refractivity contribution in [2.24, 2.45) is 29.1 Å². The summed E-state index contributed by atoms with van der Waals surface area (Å²) in [5, 5.41) is 17.4. The molecular formula is C23H36N2O5. The maximum absolute atomic E-state index is 12.8. The fourth-order valence-corrected chi connectivity index (χ4v) is 5.82. The lowest BCUT2D eigenvalue weighted by atomic mass is 9.51. The molecule has 0 aromatic carbocycles. The molecule has 7 heteroatoms. The quantitative estimate of drug-likeness (QED) is 0.629. The van der Waals surface area contributed by atoms with Crippen LogP contribution < -0.4 is 10.6 Å². The average molecular weight is 421 g/mol. The molecule has 30 heavy (non-hydrogen) atoms. The zero-order chi connectivity index (χ0) is 21.9. The molecular weight excluding hydrogens is 384 g/mol. The molecule has 0 spiro atoms. The molecule has 0 saturated heterocycles. The summed E-state index contributed by atoms with van der Waals surface area (Å²) in [7, 11) is 1.51. The molecule has 2 saturated carbocycles. The van der Waals surface area contributed by atoms with Gasteiger partial charge in [-0.05, 0) is 61.0 Å². The Kier molecular flexibility index (Phi) is 7.24. The van der Waals surface area contributed by atoms with E-state index in [0.29, 0.717) is 12.3 Å². The molecule has 0 radical (unpaired) electrons. The molecule has 7 nitrogen and oxygen atoms in total. The van der Waals surface area contributed by atoms with E-state index >= 15 is 0 Å². The van der Waals surface area contributed by atoms with Gasteiger partial charge >= 0.3 is 0 Å². The number of aliphatic hydroxyl groups is 1. The number of fused-ring (bicyclic) bond motifs is 1. The monoisotopic (exact) mass is 420 g/mol. The molecule has 2 fully saturated rings. The fourth-order valence-electron chi connectivity index (χ4n) is 5.82.